The molecule has 0 radical (unpaired) electrons. The van der Waals surface area contributed by atoms with Gasteiger partial charge in [-0.25, -0.2) is 0 Å². The molecule has 194 valence electrons. The molecule has 6 heteroatoms. The van der Waals surface area contributed by atoms with Crippen LogP contribution < -0.4 is 14.2 Å². The highest BCUT2D eigenvalue weighted by molar-refractivity contribution is 5.96. The largest absolute Gasteiger partial charge is 0.508 e. The Morgan fingerprint density at radius 1 is 1.05 bits per heavy atom. The van der Waals surface area contributed by atoms with Gasteiger partial charge in [-0.2, -0.15) is 0 Å². The summed E-state index contributed by atoms with van der Waals surface area (Å²) < 4.78 is 18.0. The zero-order chi connectivity index (χ0) is 26.1. The van der Waals surface area contributed by atoms with E-state index in [1.165, 1.54) is 13.5 Å². The zero-order valence-electron chi connectivity index (χ0n) is 21.9. The quantitative estimate of drug-likeness (QED) is 0.397. The van der Waals surface area contributed by atoms with E-state index in [1.54, 1.807) is 24.3 Å². The van der Waals surface area contributed by atoms with Crippen molar-refractivity contribution in [1.82, 2.24) is 4.90 Å². The fourth-order valence-corrected chi connectivity index (χ4v) is 5.32. The van der Waals surface area contributed by atoms with Gasteiger partial charge in [-0.15, -0.1) is 0 Å². The second-order valence-electron chi connectivity index (χ2n) is 10.2. The molecule has 3 aromatic rings. The van der Waals surface area contributed by atoms with E-state index in [-0.39, 0.29) is 17.6 Å². The van der Waals surface area contributed by atoms with Crippen molar-refractivity contribution < 1.29 is 24.4 Å². The molecule has 0 amide bonds. The lowest BCUT2D eigenvalue weighted by Crippen LogP contribution is -2.35. The van der Waals surface area contributed by atoms with Crippen LogP contribution in [-0.2, 0) is 0 Å². The van der Waals surface area contributed by atoms with Crippen molar-refractivity contribution >= 4 is 11.1 Å². The minimum Gasteiger partial charge on any atom is -0.508 e. The molecule has 6 nitrogen and oxygen atoms in total. The van der Waals surface area contributed by atoms with Gasteiger partial charge in [0.05, 0.1) is 7.11 Å². The first-order valence-electron chi connectivity index (χ1n) is 12.9. The highest BCUT2D eigenvalue weighted by atomic mass is 16.5. The summed E-state index contributed by atoms with van der Waals surface area (Å²) in [5.41, 5.74) is 4.63. The molecular formula is C31H35NO5. The molecule has 0 aliphatic carbocycles. The molecule has 0 saturated carbocycles. The van der Waals surface area contributed by atoms with Crippen LogP contribution in [-0.4, -0.2) is 48.0 Å². The van der Waals surface area contributed by atoms with Gasteiger partial charge in [0.1, 0.15) is 30.0 Å². The third-order valence-electron chi connectivity index (χ3n) is 7.52. The number of hydrogen-bond acceptors (Lipinski definition) is 6. The standard InChI is InChI=1S/C31H35NO5/c1-19-13-14-32(17-19)20(2)18-36-25-9-5-22(6-10-25)31-30(23-7-11-27(34)29(15-23)35-4)21(3)26-16-24(33)8-12-28(26)37-31/h5-12,15-16,19-20,31,33-34H,13-14,17-18H2,1-4H3/t19-,20+,31?/m1/s1. The highest BCUT2D eigenvalue weighted by Gasteiger charge is 2.30. The monoisotopic (exact) mass is 501 g/mol. The summed E-state index contributed by atoms with van der Waals surface area (Å²) in [7, 11) is 1.53. The van der Waals surface area contributed by atoms with Gasteiger partial charge in [-0.3, -0.25) is 4.90 Å². The van der Waals surface area contributed by atoms with E-state index in [9.17, 15) is 10.2 Å². The zero-order valence-corrected chi connectivity index (χ0v) is 21.9. The van der Waals surface area contributed by atoms with Crippen molar-refractivity contribution in [3.63, 3.8) is 0 Å². The Hall–Kier alpha value is -3.64. The summed E-state index contributed by atoms with van der Waals surface area (Å²) in [4.78, 5) is 2.50. The number of ether oxygens (including phenoxy) is 3. The van der Waals surface area contributed by atoms with E-state index in [0.29, 0.717) is 24.1 Å². The van der Waals surface area contributed by atoms with E-state index < -0.39 is 0 Å². The fourth-order valence-electron chi connectivity index (χ4n) is 5.32. The summed E-state index contributed by atoms with van der Waals surface area (Å²) in [6, 6.07) is 18.9. The predicted octanol–water partition coefficient (Wildman–Crippen LogP) is 6.28. The highest BCUT2D eigenvalue weighted by Crippen LogP contribution is 2.48. The Morgan fingerprint density at radius 3 is 2.54 bits per heavy atom. The van der Waals surface area contributed by atoms with Gasteiger partial charge in [0.25, 0.3) is 0 Å². The Balaban J connectivity index is 1.43. The van der Waals surface area contributed by atoms with Crippen molar-refractivity contribution in [1.29, 1.82) is 0 Å². The van der Waals surface area contributed by atoms with Gasteiger partial charge < -0.3 is 24.4 Å². The first-order chi connectivity index (χ1) is 17.8. The number of rotatable bonds is 7. The molecule has 2 N–H and O–H groups in total. The van der Waals surface area contributed by atoms with Gasteiger partial charge in [0.15, 0.2) is 11.5 Å². The summed E-state index contributed by atoms with van der Waals surface area (Å²) >= 11 is 0. The molecular weight excluding hydrogens is 466 g/mol. The average molecular weight is 502 g/mol. The molecule has 0 bridgehead atoms. The summed E-state index contributed by atoms with van der Waals surface area (Å²) in [6.45, 7) is 9.49. The Morgan fingerprint density at radius 2 is 1.84 bits per heavy atom. The number of nitrogens with zero attached hydrogens (tertiary/aromatic N) is 1. The minimum atomic E-state index is -0.384. The van der Waals surface area contributed by atoms with E-state index in [4.69, 9.17) is 14.2 Å². The number of hydrogen-bond donors (Lipinski definition) is 2. The van der Waals surface area contributed by atoms with E-state index in [1.807, 2.05) is 43.3 Å². The molecule has 2 aliphatic rings. The Kier molecular flexibility index (Phi) is 7.02. The SMILES string of the molecule is COc1cc(C2=C(C)c3cc(O)ccc3OC2c2ccc(OC[C@H](C)N3CC[C@@H](C)C3)cc2)ccc1O. The van der Waals surface area contributed by atoms with Gasteiger partial charge in [0, 0.05) is 23.7 Å². The normalized spacial score (nSPS) is 20.3. The summed E-state index contributed by atoms with van der Waals surface area (Å²) in [5.74, 6) is 2.95. The topological polar surface area (TPSA) is 71.4 Å². The van der Waals surface area contributed by atoms with Crippen LogP contribution >= 0.6 is 0 Å². The summed E-state index contributed by atoms with van der Waals surface area (Å²) in [6.07, 6.45) is 0.871. The van der Waals surface area contributed by atoms with Crippen molar-refractivity contribution in [3.8, 4) is 28.7 Å². The Bertz CT molecular complexity index is 1300. The lowest BCUT2D eigenvalue weighted by molar-refractivity contribution is 0.169. The second kappa shape index (κ2) is 10.4. The van der Waals surface area contributed by atoms with Gasteiger partial charge in [-0.1, -0.05) is 25.1 Å². The number of phenolic OH excluding ortho intramolecular Hbond substituents is 2. The van der Waals surface area contributed by atoms with Crippen LogP contribution in [0.25, 0.3) is 11.1 Å². The molecule has 3 aromatic carbocycles. The van der Waals surface area contributed by atoms with Gasteiger partial charge in [-0.05, 0) is 91.9 Å². The van der Waals surface area contributed by atoms with Crippen molar-refractivity contribution in [2.45, 2.75) is 39.3 Å². The number of allylic oxidation sites excluding steroid dienone is 1. The smallest absolute Gasteiger partial charge is 0.161 e. The molecule has 3 atom stereocenters. The lowest BCUT2D eigenvalue weighted by Gasteiger charge is -2.31. The molecule has 37 heavy (non-hydrogen) atoms. The number of fused-ring (bicyclic) bond motifs is 1. The van der Waals surface area contributed by atoms with Crippen molar-refractivity contribution in [3.05, 3.63) is 77.4 Å². The number of likely N-dealkylation sites (tertiary alicyclic amines) is 1. The lowest BCUT2D eigenvalue weighted by atomic mass is 9.86. The molecule has 2 heterocycles. The first-order valence-corrected chi connectivity index (χ1v) is 12.9. The summed E-state index contributed by atoms with van der Waals surface area (Å²) in [5, 5.41) is 20.3. The maximum absolute atomic E-state index is 10.2. The van der Waals surface area contributed by atoms with Crippen molar-refractivity contribution in [2.24, 2.45) is 5.92 Å². The van der Waals surface area contributed by atoms with E-state index in [0.717, 1.165) is 52.6 Å². The molecule has 1 fully saturated rings. The van der Waals surface area contributed by atoms with E-state index >= 15 is 0 Å². The van der Waals surface area contributed by atoms with Crippen LogP contribution in [0, 0.1) is 5.92 Å². The maximum atomic E-state index is 10.2. The maximum Gasteiger partial charge on any atom is 0.161 e. The average Bonchev–Trinajstić information content (AvgIpc) is 3.35. The number of phenols is 2. The van der Waals surface area contributed by atoms with Crippen LogP contribution in [0.2, 0.25) is 0 Å². The van der Waals surface area contributed by atoms with Crippen molar-refractivity contribution in [2.75, 3.05) is 26.8 Å². The predicted molar refractivity (Wildman–Crippen MR) is 145 cm³/mol. The Labute approximate surface area is 218 Å². The molecule has 0 spiro atoms. The molecule has 0 aromatic heterocycles. The number of methoxy groups -OCH3 is 1. The van der Waals surface area contributed by atoms with Crippen LogP contribution in [0.4, 0.5) is 0 Å². The van der Waals surface area contributed by atoms with Crippen LogP contribution in [0.15, 0.2) is 60.7 Å². The van der Waals surface area contributed by atoms with Crippen LogP contribution in [0.1, 0.15) is 50.0 Å². The van der Waals surface area contributed by atoms with Crippen LogP contribution in [0.5, 0.6) is 28.7 Å². The molecule has 2 aliphatic heterocycles. The fraction of sp³-hybridized carbons (Fsp3) is 0.355. The number of aromatic hydroxyl groups is 2. The minimum absolute atomic E-state index is 0.0787. The third kappa shape index (κ3) is 5.12. The molecule has 5 rings (SSSR count). The van der Waals surface area contributed by atoms with Crippen LogP contribution in [0.3, 0.4) is 0 Å². The van der Waals surface area contributed by atoms with E-state index in [2.05, 4.69) is 18.7 Å². The number of benzene rings is 3. The first kappa shape index (κ1) is 25.0. The second-order valence-corrected chi connectivity index (χ2v) is 10.2. The third-order valence-corrected chi connectivity index (χ3v) is 7.52. The molecule has 1 unspecified atom stereocenters. The van der Waals surface area contributed by atoms with Gasteiger partial charge in [0.2, 0.25) is 0 Å². The molecule has 1 saturated heterocycles. The van der Waals surface area contributed by atoms with Gasteiger partial charge >= 0.3 is 0 Å².